The molecule has 0 atom stereocenters. The molecule has 0 spiro atoms. The first-order chi connectivity index (χ1) is 30.5. The van der Waals surface area contributed by atoms with Crippen molar-refractivity contribution in [3.8, 4) is 11.5 Å². The number of rotatable bonds is 17. The fourth-order valence-corrected chi connectivity index (χ4v) is 11.0. The average Bonchev–Trinajstić information content (AvgIpc) is 3.44. The van der Waals surface area contributed by atoms with Crippen molar-refractivity contribution in [2.75, 3.05) is 59.6 Å². The lowest BCUT2D eigenvalue weighted by Gasteiger charge is -2.30. The van der Waals surface area contributed by atoms with E-state index in [2.05, 4.69) is 11.4 Å². The lowest BCUT2D eigenvalue weighted by atomic mass is 9.77. The van der Waals surface area contributed by atoms with Crippen molar-refractivity contribution in [3.05, 3.63) is 66.0 Å². The topological polar surface area (TPSA) is 187 Å². The summed E-state index contributed by atoms with van der Waals surface area (Å²) in [5.41, 5.74) is 4.22. The molecule has 0 bridgehead atoms. The van der Waals surface area contributed by atoms with Crippen LogP contribution < -0.4 is 20.9 Å². The molecule has 0 heterocycles. The highest BCUT2D eigenvalue weighted by Crippen LogP contribution is 2.54. The van der Waals surface area contributed by atoms with E-state index in [1.54, 1.807) is 14.2 Å². The minimum atomic E-state index is -0.480. The van der Waals surface area contributed by atoms with Crippen LogP contribution in [0.3, 0.4) is 0 Å². The van der Waals surface area contributed by atoms with Gasteiger partial charge in [-0.15, -0.1) is 0 Å². The Morgan fingerprint density at radius 1 is 0.683 bits per heavy atom. The molecule has 0 saturated heterocycles. The number of nitrogens with one attached hydrogen (secondary N) is 1. The van der Waals surface area contributed by atoms with E-state index in [4.69, 9.17) is 23.7 Å². The number of methoxy groups -OCH3 is 3. The third kappa shape index (κ3) is 8.17. The van der Waals surface area contributed by atoms with Gasteiger partial charge in [0.05, 0.1) is 56.1 Å². The Morgan fingerprint density at radius 3 is 1.76 bits per heavy atom. The second-order valence-corrected chi connectivity index (χ2v) is 17.9. The number of esters is 2. The van der Waals surface area contributed by atoms with Crippen molar-refractivity contribution in [1.29, 1.82) is 0 Å². The number of hydrogen-bond donors (Lipinski definition) is 4. The number of aliphatic hydroxyl groups is 2. The molecule has 0 unspecified atom stereocenters. The third-order valence-electron chi connectivity index (χ3n) is 14.1. The molecule has 8 rings (SSSR count). The highest BCUT2D eigenvalue weighted by molar-refractivity contribution is 6.38. The van der Waals surface area contributed by atoms with Crippen LogP contribution in [0.25, 0.3) is 49.2 Å². The summed E-state index contributed by atoms with van der Waals surface area (Å²) in [5, 5.41) is 41.6. The van der Waals surface area contributed by atoms with Gasteiger partial charge in [0.25, 0.3) is 0 Å². The molecule has 336 valence electrons. The molecule has 63 heavy (non-hydrogen) atoms. The minimum Gasteiger partial charge on any atom is -0.504 e. The molecule has 5 aromatic carbocycles. The van der Waals surface area contributed by atoms with Crippen LogP contribution in [0.4, 0.5) is 5.69 Å². The number of anilines is 1. The van der Waals surface area contributed by atoms with E-state index in [1.807, 2.05) is 6.92 Å². The molecule has 2 saturated carbocycles. The zero-order valence-corrected chi connectivity index (χ0v) is 36.8. The number of hydrogen-bond acceptors (Lipinski definition) is 13. The van der Waals surface area contributed by atoms with E-state index in [9.17, 15) is 34.5 Å². The summed E-state index contributed by atoms with van der Waals surface area (Å²) in [6.07, 6.45) is 10.1. The van der Waals surface area contributed by atoms with Gasteiger partial charge in [-0.2, -0.15) is 0 Å². The molecule has 5 aromatic rings. The quantitative estimate of drug-likeness (QED) is 0.0328. The molecule has 3 aliphatic rings. The Labute approximate surface area is 366 Å². The van der Waals surface area contributed by atoms with E-state index in [0.29, 0.717) is 100 Å². The Balaban J connectivity index is 1.30. The van der Waals surface area contributed by atoms with Crippen molar-refractivity contribution in [3.63, 3.8) is 0 Å². The summed E-state index contributed by atoms with van der Waals surface area (Å²) in [6, 6.07) is 2.80. The molecule has 4 N–H and O–H groups in total. The summed E-state index contributed by atoms with van der Waals surface area (Å²) >= 11 is 0. The van der Waals surface area contributed by atoms with Gasteiger partial charge in [0.2, 0.25) is 0 Å². The Kier molecular flexibility index (Phi) is 13.4. The minimum absolute atomic E-state index is 0.0663. The molecule has 0 amide bonds. The first-order valence-corrected chi connectivity index (χ1v) is 22.4. The highest BCUT2D eigenvalue weighted by atomic mass is 16.6. The molecule has 2 fully saturated rings. The van der Waals surface area contributed by atoms with Crippen LogP contribution in [0.1, 0.15) is 92.5 Å². The van der Waals surface area contributed by atoms with Crippen LogP contribution in [-0.2, 0) is 54.6 Å². The van der Waals surface area contributed by atoms with Crippen molar-refractivity contribution in [2.24, 2.45) is 23.7 Å². The number of allylic oxidation sites excluding steroid dienone is 1. The molecular formula is C50H59NO12. The van der Waals surface area contributed by atoms with E-state index >= 15 is 0 Å². The van der Waals surface area contributed by atoms with Crippen LogP contribution in [0.15, 0.2) is 27.3 Å². The lowest BCUT2D eigenvalue weighted by Crippen LogP contribution is -2.28. The molecule has 3 aliphatic carbocycles. The fraction of sp³-hybridized carbons (Fsp3) is 0.520. The predicted molar refractivity (Wildman–Crippen MR) is 242 cm³/mol. The summed E-state index contributed by atoms with van der Waals surface area (Å²) in [4.78, 5) is 54.5. The second kappa shape index (κ2) is 18.9. The number of carbonyl (C=O) groups excluding carboxylic acids is 2. The number of benzene rings is 5. The van der Waals surface area contributed by atoms with Gasteiger partial charge in [0, 0.05) is 42.8 Å². The van der Waals surface area contributed by atoms with Gasteiger partial charge in [0.1, 0.15) is 13.2 Å². The summed E-state index contributed by atoms with van der Waals surface area (Å²) in [5.74, 6) is -0.251. The summed E-state index contributed by atoms with van der Waals surface area (Å²) in [6.45, 7) is 2.81. The van der Waals surface area contributed by atoms with Gasteiger partial charge in [-0.3, -0.25) is 19.2 Å². The van der Waals surface area contributed by atoms with Gasteiger partial charge in [-0.05, 0) is 145 Å². The number of fused-ring (bicyclic) bond motifs is 1. The summed E-state index contributed by atoms with van der Waals surface area (Å²) in [7, 11) is 4.62. The second-order valence-electron chi connectivity index (χ2n) is 17.9. The maximum absolute atomic E-state index is 14.8. The van der Waals surface area contributed by atoms with Crippen LogP contribution in [-0.4, -0.2) is 81.6 Å². The number of phenolic OH excluding ortho intramolecular Hbond substituents is 1. The standard InChI is InChI=1S/C50H59NO12/c1-26-19-34-33(14-9-27-5-10-29(11-6-27)49(57)62-17-15-59-2)46(51-23-28-7-12-30(13-8-28)50(58)63-18-16-60-3)42-36(54)21-31(24-52)38-39-32(25-53)22-37(55)43-45(39)41(40(34)44(38)42)35(20-26)48(61-4)47(43)56/h19,21-22,27-30,51-53,56H,5-18,20,23-25H2,1-4H3. The highest BCUT2D eigenvalue weighted by Gasteiger charge is 2.34. The molecule has 0 aromatic heterocycles. The number of ether oxygens (including phenoxy) is 5. The number of carbonyl (C=O) groups is 2. The number of phenols is 1. The van der Waals surface area contributed by atoms with Crippen LogP contribution in [0.2, 0.25) is 0 Å². The predicted octanol–water partition coefficient (Wildman–Crippen LogP) is 6.89. The lowest BCUT2D eigenvalue weighted by molar-refractivity contribution is -0.152. The van der Waals surface area contributed by atoms with Gasteiger partial charge >= 0.3 is 11.9 Å². The van der Waals surface area contributed by atoms with Crippen LogP contribution >= 0.6 is 0 Å². The van der Waals surface area contributed by atoms with Crippen LogP contribution in [0, 0.1) is 23.7 Å². The molecule has 13 nitrogen and oxygen atoms in total. The van der Waals surface area contributed by atoms with Crippen molar-refractivity contribution < 1.29 is 48.6 Å². The molecule has 13 heteroatoms. The van der Waals surface area contributed by atoms with E-state index in [-0.39, 0.29) is 65.2 Å². The van der Waals surface area contributed by atoms with Crippen molar-refractivity contribution in [1.82, 2.24) is 0 Å². The smallest absolute Gasteiger partial charge is 0.309 e. The van der Waals surface area contributed by atoms with E-state index < -0.39 is 18.6 Å². The fourth-order valence-electron chi connectivity index (χ4n) is 11.0. The first-order valence-electron chi connectivity index (χ1n) is 22.4. The van der Waals surface area contributed by atoms with Crippen LogP contribution in [0.5, 0.6) is 11.5 Å². The van der Waals surface area contributed by atoms with Gasteiger partial charge in [-0.1, -0.05) is 11.6 Å². The number of aliphatic hydroxyl groups excluding tert-OH is 2. The van der Waals surface area contributed by atoms with Gasteiger partial charge in [0.15, 0.2) is 22.4 Å². The maximum Gasteiger partial charge on any atom is 0.309 e. The largest absolute Gasteiger partial charge is 0.504 e. The normalized spacial score (nSPS) is 20.1. The SMILES string of the molecule is COCCOC(=O)C1CCC(CCc2c(NCC3CCC(C(=O)OCCOC)CC3)c3c(=O)cc(CO)c4c5c(CO)cc(=O)c6c(O)c(OC)c7c(c(c2C=C(C)C7)c34)c65)CC1. The molecule has 0 radical (unpaired) electrons. The van der Waals surface area contributed by atoms with Crippen molar-refractivity contribution >= 4 is 66.8 Å². The first kappa shape index (κ1) is 44.5. The monoisotopic (exact) mass is 865 g/mol. The Hall–Kier alpha value is -5.08. The maximum atomic E-state index is 14.8. The number of aromatic hydroxyl groups is 1. The zero-order valence-electron chi connectivity index (χ0n) is 36.8. The van der Waals surface area contributed by atoms with E-state index in [0.717, 1.165) is 72.7 Å². The molecular weight excluding hydrogens is 807 g/mol. The van der Waals surface area contributed by atoms with Gasteiger partial charge in [-0.25, -0.2) is 0 Å². The Morgan fingerprint density at radius 2 is 1.22 bits per heavy atom. The van der Waals surface area contributed by atoms with E-state index in [1.165, 1.54) is 19.2 Å². The summed E-state index contributed by atoms with van der Waals surface area (Å²) < 4.78 is 26.9. The third-order valence-corrected chi connectivity index (χ3v) is 14.1. The Bertz CT molecular complexity index is 2670. The van der Waals surface area contributed by atoms with Crippen molar-refractivity contribution in [2.45, 2.75) is 90.8 Å². The van der Waals surface area contributed by atoms with Gasteiger partial charge < -0.3 is 44.3 Å². The molecule has 0 aliphatic heterocycles. The average molecular weight is 866 g/mol. The zero-order chi connectivity index (χ0) is 44.5.